The fourth-order valence-corrected chi connectivity index (χ4v) is 1.64. The van der Waals surface area contributed by atoms with Gasteiger partial charge in [0, 0.05) is 12.1 Å². The van der Waals surface area contributed by atoms with Crippen molar-refractivity contribution in [2.75, 3.05) is 7.11 Å². The quantitative estimate of drug-likeness (QED) is 0.560. The van der Waals surface area contributed by atoms with Gasteiger partial charge in [0.2, 0.25) is 6.10 Å². The molecule has 0 saturated heterocycles. The number of esters is 1. The third-order valence-corrected chi connectivity index (χ3v) is 2.35. The summed E-state index contributed by atoms with van der Waals surface area (Å²) < 4.78 is 9.73. The molecule has 0 aromatic carbocycles. The molecular formula is C13H23NO4. The summed E-state index contributed by atoms with van der Waals surface area (Å²) in [7, 11) is 1.26. The van der Waals surface area contributed by atoms with Crippen molar-refractivity contribution in [3.8, 4) is 0 Å². The molecular weight excluding hydrogens is 234 g/mol. The smallest absolute Gasteiger partial charge is 0.411 e. The zero-order valence-corrected chi connectivity index (χ0v) is 12.0. The van der Waals surface area contributed by atoms with Crippen molar-refractivity contribution < 1.29 is 19.1 Å². The summed E-state index contributed by atoms with van der Waals surface area (Å²) in [6, 6.07) is 0.00260. The van der Waals surface area contributed by atoms with Crippen LogP contribution in [0.2, 0.25) is 0 Å². The third-order valence-electron chi connectivity index (χ3n) is 2.35. The van der Waals surface area contributed by atoms with Crippen molar-refractivity contribution in [2.45, 2.75) is 52.8 Å². The molecule has 0 saturated carbocycles. The number of amides is 1. The average molecular weight is 257 g/mol. The van der Waals surface area contributed by atoms with Gasteiger partial charge < -0.3 is 14.4 Å². The van der Waals surface area contributed by atoms with Gasteiger partial charge in [-0.1, -0.05) is 6.08 Å². The number of carbonyl (C=O) groups excluding carboxylic acids is 2. The SMILES string of the molecule is C/C=C/C(OC(=O)N(C(C)C)C(C)C)C(=O)OC. The minimum atomic E-state index is -0.993. The number of methoxy groups -OCH3 is 1. The van der Waals surface area contributed by atoms with E-state index in [1.165, 1.54) is 13.2 Å². The summed E-state index contributed by atoms with van der Waals surface area (Å²) in [6.07, 6.45) is 1.62. The van der Waals surface area contributed by atoms with E-state index in [1.807, 2.05) is 27.7 Å². The van der Waals surface area contributed by atoms with Crippen LogP contribution < -0.4 is 0 Å². The van der Waals surface area contributed by atoms with E-state index in [0.29, 0.717) is 0 Å². The molecule has 0 spiro atoms. The van der Waals surface area contributed by atoms with Crippen LogP contribution in [0.1, 0.15) is 34.6 Å². The van der Waals surface area contributed by atoms with Gasteiger partial charge in [-0.25, -0.2) is 9.59 Å². The number of hydrogen-bond donors (Lipinski definition) is 0. The molecule has 0 fully saturated rings. The maximum Gasteiger partial charge on any atom is 0.411 e. The first kappa shape index (κ1) is 16.5. The van der Waals surface area contributed by atoms with Crippen LogP contribution in [0.15, 0.2) is 12.2 Å². The van der Waals surface area contributed by atoms with Crippen LogP contribution in [-0.2, 0) is 14.3 Å². The van der Waals surface area contributed by atoms with E-state index < -0.39 is 18.2 Å². The summed E-state index contributed by atoms with van der Waals surface area (Å²) in [5, 5.41) is 0. The molecule has 0 radical (unpaired) electrons. The maximum atomic E-state index is 12.0. The van der Waals surface area contributed by atoms with Gasteiger partial charge in [-0.15, -0.1) is 0 Å². The first-order valence-electron chi connectivity index (χ1n) is 6.04. The number of nitrogens with zero attached hydrogens (tertiary/aromatic N) is 1. The lowest BCUT2D eigenvalue weighted by atomic mass is 10.2. The Morgan fingerprint density at radius 3 is 1.94 bits per heavy atom. The highest BCUT2D eigenvalue weighted by molar-refractivity contribution is 5.80. The Labute approximate surface area is 109 Å². The highest BCUT2D eigenvalue weighted by atomic mass is 16.6. The van der Waals surface area contributed by atoms with E-state index in [2.05, 4.69) is 4.74 Å². The van der Waals surface area contributed by atoms with E-state index >= 15 is 0 Å². The van der Waals surface area contributed by atoms with Gasteiger partial charge in [0.25, 0.3) is 0 Å². The third kappa shape index (κ3) is 4.77. The van der Waals surface area contributed by atoms with Gasteiger partial charge in [0.15, 0.2) is 0 Å². The Morgan fingerprint density at radius 1 is 1.11 bits per heavy atom. The lowest BCUT2D eigenvalue weighted by Crippen LogP contribution is -2.44. The van der Waals surface area contributed by atoms with Gasteiger partial charge in [-0.3, -0.25) is 0 Å². The zero-order chi connectivity index (χ0) is 14.3. The van der Waals surface area contributed by atoms with Crippen molar-refractivity contribution in [2.24, 2.45) is 0 Å². The van der Waals surface area contributed by atoms with Crippen molar-refractivity contribution in [1.82, 2.24) is 4.90 Å². The molecule has 1 amide bonds. The molecule has 5 heteroatoms. The van der Waals surface area contributed by atoms with E-state index in [0.717, 1.165) is 0 Å². The first-order chi connectivity index (χ1) is 8.34. The van der Waals surface area contributed by atoms with Crippen molar-refractivity contribution in [1.29, 1.82) is 0 Å². The maximum absolute atomic E-state index is 12.0. The summed E-state index contributed by atoms with van der Waals surface area (Å²) in [4.78, 5) is 25.0. The van der Waals surface area contributed by atoms with Crippen molar-refractivity contribution in [3.05, 3.63) is 12.2 Å². The summed E-state index contributed by atoms with van der Waals surface area (Å²) >= 11 is 0. The summed E-state index contributed by atoms with van der Waals surface area (Å²) in [5.74, 6) is -0.589. The minimum absolute atomic E-state index is 0.00130. The number of carbonyl (C=O) groups is 2. The molecule has 0 rings (SSSR count). The molecule has 0 aliphatic rings. The largest absolute Gasteiger partial charge is 0.466 e. The van der Waals surface area contributed by atoms with Crippen LogP contribution in [-0.4, -0.2) is 42.3 Å². The molecule has 0 heterocycles. The van der Waals surface area contributed by atoms with Crippen LogP contribution in [0, 0.1) is 0 Å². The molecule has 0 aromatic heterocycles. The summed E-state index contributed by atoms with van der Waals surface area (Å²) in [6.45, 7) is 9.31. The fourth-order valence-electron chi connectivity index (χ4n) is 1.64. The normalized spacial score (nSPS) is 12.9. The van der Waals surface area contributed by atoms with E-state index in [4.69, 9.17) is 4.74 Å². The fraction of sp³-hybridized carbons (Fsp3) is 0.692. The molecule has 1 unspecified atom stereocenters. The first-order valence-corrected chi connectivity index (χ1v) is 6.04. The topological polar surface area (TPSA) is 55.8 Å². The second-order valence-corrected chi connectivity index (χ2v) is 4.45. The van der Waals surface area contributed by atoms with Crippen molar-refractivity contribution in [3.63, 3.8) is 0 Å². The standard InChI is InChI=1S/C13H23NO4/c1-7-8-11(12(15)17-6)18-13(16)14(9(2)3)10(4)5/h7-11H,1-6H3/b8-7+. The second-order valence-electron chi connectivity index (χ2n) is 4.45. The Hall–Kier alpha value is -1.52. The predicted octanol–water partition coefficient (Wildman–Crippen LogP) is 2.36. The highest BCUT2D eigenvalue weighted by Crippen LogP contribution is 2.10. The van der Waals surface area contributed by atoms with E-state index in [-0.39, 0.29) is 12.1 Å². The Balaban J connectivity index is 4.82. The van der Waals surface area contributed by atoms with Gasteiger partial charge in [0.1, 0.15) is 0 Å². The Morgan fingerprint density at radius 2 is 1.61 bits per heavy atom. The lowest BCUT2D eigenvalue weighted by molar-refractivity contribution is -0.148. The van der Waals surface area contributed by atoms with Crippen LogP contribution in [0.5, 0.6) is 0 Å². The van der Waals surface area contributed by atoms with Gasteiger partial charge >= 0.3 is 12.1 Å². The van der Waals surface area contributed by atoms with Gasteiger partial charge in [-0.2, -0.15) is 0 Å². The zero-order valence-electron chi connectivity index (χ0n) is 12.0. The van der Waals surface area contributed by atoms with Crippen LogP contribution in [0.25, 0.3) is 0 Å². The Bertz CT molecular complexity index is 302. The number of ether oxygens (including phenoxy) is 2. The molecule has 1 atom stereocenters. The molecule has 0 aliphatic heterocycles. The number of allylic oxidation sites excluding steroid dienone is 1. The molecule has 0 N–H and O–H groups in total. The average Bonchev–Trinajstić information content (AvgIpc) is 2.26. The summed E-state index contributed by atoms with van der Waals surface area (Å²) in [5.41, 5.74) is 0. The van der Waals surface area contributed by atoms with Crippen LogP contribution in [0.4, 0.5) is 4.79 Å². The predicted molar refractivity (Wildman–Crippen MR) is 69.2 cm³/mol. The molecule has 0 aliphatic carbocycles. The molecule has 104 valence electrons. The number of rotatable bonds is 5. The van der Waals surface area contributed by atoms with Gasteiger partial charge in [-0.05, 0) is 40.7 Å². The Kier molecular flexibility index (Phi) is 7.08. The minimum Gasteiger partial charge on any atom is -0.466 e. The molecule has 18 heavy (non-hydrogen) atoms. The van der Waals surface area contributed by atoms with Crippen LogP contribution in [0.3, 0.4) is 0 Å². The lowest BCUT2D eigenvalue weighted by Gasteiger charge is -2.30. The highest BCUT2D eigenvalue weighted by Gasteiger charge is 2.27. The van der Waals surface area contributed by atoms with E-state index in [1.54, 1.807) is 17.9 Å². The molecule has 0 aromatic rings. The number of hydrogen-bond acceptors (Lipinski definition) is 4. The van der Waals surface area contributed by atoms with Crippen molar-refractivity contribution >= 4 is 12.1 Å². The van der Waals surface area contributed by atoms with E-state index in [9.17, 15) is 9.59 Å². The van der Waals surface area contributed by atoms with Gasteiger partial charge in [0.05, 0.1) is 7.11 Å². The van der Waals surface area contributed by atoms with Crippen LogP contribution >= 0.6 is 0 Å². The molecule has 0 bridgehead atoms. The molecule has 5 nitrogen and oxygen atoms in total. The second kappa shape index (κ2) is 7.74. The monoisotopic (exact) mass is 257 g/mol.